The quantitative estimate of drug-likeness (QED) is 0.191. The summed E-state index contributed by atoms with van der Waals surface area (Å²) in [4.78, 5) is 58.1. The molecule has 3 unspecified atom stereocenters. The molecule has 1 aliphatic rings. The standard InChI is InChI=1S/C9H13ClFN2O14P3/c1-9(10)4(14)6(24-7(9)13-2-3(11)5(15)12-8(13)16)25-29(20,21)27-30(22,23)26-28(17,18)19/h2,4,6-7,14H,1H3,(H,20,21)(H,22,23)(H,12,15,16)(H2,17,18,19)/t4-,6?,7-,9-/m1/s1. The first-order valence-electron chi connectivity index (χ1n) is 7.20. The Morgan fingerprint density at radius 1 is 1.20 bits per heavy atom. The van der Waals surface area contributed by atoms with E-state index in [2.05, 4.69) is 13.1 Å². The molecule has 0 aliphatic carbocycles. The molecule has 0 aromatic carbocycles. The summed E-state index contributed by atoms with van der Waals surface area (Å²) in [6, 6.07) is 0. The van der Waals surface area contributed by atoms with E-state index in [1.165, 1.54) is 0 Å². The third-order valence-corrected chi connectivity index (χ3v) is 7.62. The lowest BCUT2D eigenvalue weighted by molar-refractivity contribution is -0.134. The normalized spacial score (nSPS) is 31.3. The van der Waals surface area contributed by atoms with E-state index in [0.29, 0.717) is 10.8 Å². The second-order valence-corrected chi connectivity index (χ2v) is 11.0. The molecular formula is C9H13ClFN2O14P3. The predicted octanol–water partition coefficient (Wildman–Crippen LogP) is -0.768. The molecule has 2 rings (SSSR count). The minimum absolute atomic E-state index is 0.367. The Labute approximate surface area is 169 Å². The van der Waals surface area contributed by atoms with Crippen LogP contribution in [0.5, 0.6) is 0 Å². The molecule has 0 spiro atoms. The van der Waals surface area contributed by atoms with Crippen LogP contribution in [0.2, 0.25) is 0 Å². The van der Waals surface area contributed by atoms with Gasteiger partial charge in [-0.05, 0) is 6.92 Å². The second-order valence-electron chi connectivity index (χ2n) is 5.79. The number of phosphoric ester groups is 1. The van der Waals surface area contributed by atoms with Gasteiger partial charge in [-0.25, -0.2) is 18.5 Å². The molecule has 6 atom stereocenters. The van der Waals surface area contributed by atoms with E-state index in [1.54, 1.807) is 4.98 Å². The number of H-pyrrole nitrogens is 1. The van der Waals surface area contributed by atoms with Gasteiger partial charge in [0, 0.05) is 0 Å². The van der Waals surface area contributed by atoms with Crippen LogP contribution in [0.4, 0.5) is 4.39 Å². The van der Waals surface area contributed by atoms with E-state index in [9.17, 15) is 37.7 Å². The molecule has 0 amide bonds. The van der Waals surface area contributed by atoms with Crippen LogP contribution in [0.15, 0.2) is 15.8 Å². The van der Waals surface area contributed by atoms with Gasteiger partial charge in [0.05, 0.1) is 6.20 Å². The zero-order valence-corrected chi connectivity index (χ0v) is 17.7. The number of nitrogens with zero attached hydrogens (tertiary/aromatic N) is 1. The number of hydrogen-bond acceptors (Lipinski definition) is 10. The van der Waals surface area contributed by atoms with Crippen molar-refractivity contribution in [3.63, 3.8) is 0 Å². The summed E-state index contributed by atoms with van der Waals surface area (Å²) in [6.45, 7) is 1.03. The molecule has 16 nitrogen and oxygen atoms in total. The van der Waals surface area contributed by atoms with Crippen LogP contribution in [0.3, 0.4) is 0 Å². The van der Waals surface area contributed by atoms with E-state index < -0.39 is 64.0 Å². The highest BCUT2D eigenvalue weighted by Gasteiger charge is 2.57. The second kappa shape index (κ2) is 8.30. The number of nitrogens with one attached hydrogen (secondary N) is 1. The molecule has 0 saturated carbocycles. The Hall–Kier alpha value is -0.770. The molecule has 1 aromatic rings. The molecular weight excluding hydrogens is 507 g/mol. The van der Waals surface area contributed by atoms with Crippen LogP contribution in [-0.2, 0) is 31.6 Å². The van der Waals surface area contributed by atoms with Crippen molar-refractivity contribution in [2.45, 2.75) is 30.4 Å². The number of aromatic nitrogens is 2. The van der Waals surface area contributed by atoms with Gasteiger partial charge in [0.15, 0.2) is 12.5 Å². The van der Waals surface area contributed by atoms with Crippen molar-refractivity contribution in [3.8, 4) is 0 Å². The Morgan fingerprint density at radius 2 is 1.77 bits per heavy atom. The highest BCUT2D eigenvalue weighted by Crippen LogP contribution is 2.67. The molecule has 1 aliphatic heterocycles. The molecule has 0 bridgehead atoms. The molecule has 0 radical (unpaired) electrons. The molecule has 6 N–H and O–H groups in total. The highest BCUT2D eigenvalue weighted by molar-refractivity contribution is 7.66. The minimum atomic E-state index is -5.85. The predicted molar refractivity (Wildman–Crippen MR) is 90.4 cm³/mol. The average Bonchev–Trinajstić information content (AvgIpc) is 2.70. The largest absolute Gasteiger partial charge is 0.490 e. The number of hydrogen-bond donors (Lipinski definition) is 6. The molecule has 1 saturated heterocycles. The smallest absolute Gasteiger partial charge is 0.386 e. The number of phosphoric acid groups is 3. The number of ether oxygens (including phenoxy) is 1. The number of halogens is 2. The van der Waals surface area contributed by atoms with Crippen molar-refractivity contribution in [3.05, 3.63) is 32.9 Å². The molecule has 2 heterocycles. The Morgan fingerprint density at radius 3 is 2.30 bits per heavy atom. The number of aromatic amines is 1. The van der Waals surface area contributed by atoms with Crippen molar-refractivity contribution in [2.24, 2.45) is 0 Å². The fourth-order valence-corrected chi connectivity index (χ4v) is 5.58. The zero-order valence-electron chi connectivity index (χ0n) is 14.3. The molecule has 1 aromatic heterocycles. The first-order chi connectivity index (χ1) is 13.3. The molecule has 21 heteroatoms. The fourth-order valence-electron chi connectivity index (χ4n) is 2.23. The maximum absolute atomic E-state index is 13.5. The summed E-state index contributed by atoms with van der Waals surface area (Å²) in [5.41, 5.74) is -2.62. The SMILES string of the molecule is C[C@@]1(Cl)[C@H](O)C(OP(=O)(O)OP(=O)(O)OP(=O)(O)O)O[C@H]1n1cc(F)c(=O)[nH]c1=O. The Balaban J connectivity index is 2.28. The van der Waals surface area contributed by atoms with Gasteiger partial charge in [-0.1, -0.05) is 0 Å². The first kappa shape index (κ1) is 25.5. The van der Waals surface area contributed by atoms with E-state index in [0.717, 1.165) is 6.92 Å². The van der Waals surface area contributed by atoms with Crippen LogP contribution in [0, 0.1) is 5.82 Å². The number of aliphatic hydroxyl groups excluding tert-OH is 1. The number of alkyl halides is 1. The van der Waals surface area contributed by atoms with Crippen molar-refractivity contribution >= 4 is 35.1 Å². The third kappa shape index (κ3) is 5.93. The maximum atomic E-state index is 13.5. The summed E-state index contributed by atoms with van der Waals surface area (Å²) < 4.78 is 64.0. The Kier molecular flexibility index (Phi) is 7.05. The lowest BCUT2D eigenvalue weighted by atomic mass is 10.0. The lowest BCUT2D eigenvalue weighted by Gasteiger charge is -2.26. The summed E-state index contributed by atoms with van der Waals surface area (Å²) in [5.74, 6) is -1.45. The summed E-state index contributed by atoms with van der Waals surface area (Å²) in [6.07, 6.45) is -5.78. The van der Waals surface area contributed by atoms with Gasteiger partial charge >= 0.3 is 29.2 Å². The topological polar surface area (TPSA) is 244 Å². The van der Waals surface area contributed by atoms with Crippen LogP contribution in [0.25, 0.3) is 0 Å². The van der Waals surface area contributed by atoms with E-state index in [-0.39, 0.29) is 0 Å². The van der Waals surface area contributed by atoms with Crippen LogP contribution >= 0.6 is 35.1 Å². The van der Waals surface area contributed by atoms with Gasteiger partial charge in [-0.2, -0.15) is 13.0 Å². The average molecular weight is 521 g/mol. The van der Waals surface area contributed by atoms with Gasteiger partial charge in [0.1, 0.15) is 11.0 Å². The molecule has 30 heavy (non-hydrogen) atoms. The van der Waals surface area contributed by atoms with Gasteiger partial charge in [-0.15, -0.1) is 11.6 Å². The summed E-state index contributed by atoms with van der Waals surface area (Å²) in [7, 11) is -17.2. The van der Waals surface area contributed by atoms with E-state index in [1.807, 2.05) is 0 Å². The zero-order chi connectivity index (χ0) is 23.3. The van der Waals surface area contributed by atoms with Gasteiger partial charge < -0.3 is 29.4 Å². The first-order valence-corrected chi connectivity index (χ1v) is 12.1. The number of aliphatic hydroxyl groups is 1. The molecule has 1 fully saturated rings. The van der Waals surface area contributed by atoms with Gasteiger partial charge in [0.25, 0.3) is 5.56 Å². The lowest BCUT2D eigenvalue weighted by Crippen LogP contribution is -2.43. The van der Waals surface area contributed by atoms with Crippen LogP contribution < -0.4 is 11.2 Å². The van der Waals surface area contributed by atoms with Crippen molar-refractivity contribution in [1.82, 2.24) is 9.55 Å². The van der Waals surface area contributed by atoms with Crippen LogP contribution in [-0.4, -0.2) is 51.5 Å². The monoisotopic (exact) mass is 520 g/mol. The highest BCUT2D eigenvalue weighted by atomic mass is 35.5. The Bertz CT molecular complexity index is 1080. The van der Waals surface area contributed by atoms with Crippen molar-refractivity contribution < 1.29 is 60.6 Å². The van der Waals surface area contributed by atoms with Gasteiger partial charge in [-0.3, -0.25) is 18.9 Å². The van der Waals surface area contributed by atoms with Crippen LogP contribution in [0.1, 0.15) is 13.2 Å². The summed E-state index contributed by atoms with van der Waals surface area (Å²) in [5, 5.41) is 10.2. The maximum Gasteiger partial charge on any atom is 0.490 e. The minimum Gasteiger partial charge on any atom is -0.386 e. The third-order valence-electron chi connectivity index (χ3n) is 3.41. The number of rotatable bonds is 7. The van der Waals surface area contributed by atoms with Crippen molar-refractivity contribution in [1.29, 1.82) is 0 Å². The molecule has 172 valence electrons. The van der Waals surface area contributed by atoms with Crippen molar-refractivity contribution in [2.75, 3.05) is 0 Å². The fraction of sp³-hybridized carbons (Fsp3) is 0.556. The van der Waals surface area contributed by atoms with E-state index >= 15 is 0 Å². The summed E-state index contributed by atoms with van der Waals surface area (Å²) >= 11 is 6.05. The van der Waals surface area contributed by atoms with E-state index in [4.69, 9.17) is 31.0 Å². The van der Waals surface area contributed by atoms with Gasteiger partial charge in [0.2, 0.25) is 5.82 Å².